The van der Waals surface area contributed by atoms with Gasteiger partial charge in [0, 0.05) is 5.56 Å². The molecule has 1 heterocycles. The summed E-state index contributed by atoms with van der Waals surface area (Å²) in [4.78, 5) is 12.8. The Hall–Kier alpha value is -2.86. The van der Waals surface area contributed by atoms with E-state index in [-0.39, 0.29) is 22.0 Å². The van der Waals surface area contributed by atoms with E-state index in [2.05, 4.69) is 0 Å². The summed E-state index contributed by atoms with van der Waals surface area (Å²) in [5, 5.41) is 0. The van der Waals surface area contributed by atoms with Gasteiger partial charge in [0.1, 0.15) is 5.75 Å². The van der Waals surface area contributed by atoms with E-state index < -0.39 is 15.8 Å². The summed E-state index contributed by atoms with van der Waals surface area (Å²) in [7, 11) is -3.60. The lowest BCUT2D eigenvalue weighted by Gasteiger charge is -2.11. The van der Waals surface area contributed by atoms with Gasteiger partial charge < -0.3 is 9.15 Å². The molecule has 140 valence electrons. The van der Waals surface area contributed by atoms with Crippen molar-refractivity contribution in [3.63, 3.8) is 0 Å². The zero-order chi connectivity index (χ0) is 19.6. The zero-order valence-electron chi connectivity index (χ0n) is 15.4. The maximum Gasteiger partial charge on any atom is 0.379 e. The van der Waals surface area contributed by atoms with E-state index in [0.29, 0.717) is 5.75 Å². The van der Waals surface area contributed by atoms with Gasteiger partial charge in [0.2, 0.25) is 5.76 Å². The molecule has 6 heteroatoms. The quantitative estimate of drug-likeness (QED) is 0.482. The highest BCUT2D eigenvalue weighted by Crippen LogP contribution is 2.26. The second-order valence-corrected chi connectivity index (χ2v) is 8.43. The Labute approximate surface area is 158 Å². The van der Waals surface area contributed by atoms with Crippen LogP contribution >= 0.6 is 0 Å². The molecule has 0 unspecified atom stereocenters. The number of hydrogen-bond acceptors (Lipinski definition) is 5. The number of rotatable bonds is 5. The molecule has 0 radical (unpaired) electrons. The van der Waals surface area contributed by atoms with E-state index in [1.807, 2.05) is 26.8 Å². The molecule has 27 heavy (non-hydrogen) atoms. The lowest BCUT2D eigenvalue weighted by molar-refractivity contribution is 0.0699. The summed E-state index contributed by atoms with van der Waals surface area (Å²) in [5.41, 5.74) is 3.08. The Morgan fingerprint density at radius 1 is 1.04 bits per heavy atom. The normalized spacial score (nSPS) is 11.4. The molecule has 0 atom stereocenters. The minimum absolute atomic E-state index is 0.104. The lowest BCUT2D eigenvalue weighted by Crippen LogP contribution is -2.13. The van der Waals surface area contributed by atoms with E-state index in [0.717, 1.165) is 16.7 Å². The van der Waals surface area contributed by atoms with Gasteiger partial charge in [-0.2, -0.15) is 0 Å². The van der Waals surface area contributed by atoms with Gasteiger partial charge in [-0.15, -0.1) is 0 Å². The third kappa shape index (κ3) is 4.11. The molecule has 0 spiro atoms. The highest BCUT2D eigenvalue weighted by molar-refractivity contribution is 7.90. The zero-order valence-corrected chi connectivity index (χ0v) is 16.2. The second-order valence-electron chi connectivity index (χ2n) is 6.44. The van der Waals surface area contributed by atoms with Crippen molar-refractivity contribution in [2.45, 2.75) is 31.4 Å². The molecule has 5 nitrogen and oxygen atoms in total. The maximum absolute atomic E-state index is 12.6. The Balaban J connectivity index is 1.86. The van der Waals surface area contributed by atoms with E-state index in [1.54, 1.807) is 24.3 Å². The van der Waals surface area contributed by atoms with Crippen LogP contribution in [0.2, 0.25) is 0 Å². The van der Waals surface area contributed by atoms with Crippen LogP contribution in [-0.4, -0.2) is 14.4 Å². The highest BCUT2D eigenvalue weighted by Gasteiger charge is 2.24. The molecule has 0 N–H and O–H groups in total. The van der Waals surface area contributed by atoms with Crippen LogP contribution in [0.4, 0.5) is 0 Å². The average Bonchev–Trinajstić information content (AvgIpc) is 3.07. The van der Waals surface area contributed by atoms with Crippen molar-refractivity contribution in [3.8, 4) is 5.75 Å². The van der Waals surface area contributed by atoms with Crippen LogP contribution in [-0.2, 0) is 15.6 Å². The van der Waals surface area contributed by atoms with Gasteiger partial charge in [-0.1, -0.05) is 24.3 Å². The van der Waals surface area contributed by atoms with Gasteiger partial charge in [0.05, 0.1) is 16.9 Å². The molecule has 3 aromatic rings. The number of carbonyl (C=O) groups excluding carboxylic acids is 1. The van der Waals surface area contributed by atoms with E-state index >= 15 is 0 Å². The number of benzene rings is 2. The van der Waals surface area contributed by atoms with Gasteiger partial charge in [-0.05, 0) is 61.7 Å². The van der Waals surface area contributed by atoms with Crippen LogP contribution in [0, 0.1) is 20.8 Å². The molecule has 2 aromatic carbocycles. The minimum atomic E-state index is -3.60. The SMILES string of the molecule is Cc1cc(C)c(C)c(OC(=O)c2occc2CS(=O)(=O)c2ccccc2)c1. The molecule has 0 amide bonds. The second kappa shape index (κ2) is 7.40. The van der Waals surface area contributed by atoms with Gasteiger partial charge >= 0.3 is 5.97 Å². The lowest BCUT2D eigenvalue weighted by atomic mass is 10.1. The molecule has 0 aliphatic rings. The highest BCUT2D eigenvalue weighted by atomic mass is 32.2. The predicted octanol–water partition coefficient (Wildman–Crippen LogP) is 4.40. The Kier molecular flexibility index (Phi) is 5.19. The van der Waals surface area contributed by atoms with Crippen LogP contribution in [0.5, 0.6) is 5.75 Å². The van der Waals surface area contributed by atoms with E-state index in [1.165, 1.54) is 24.5 Å². The van der Waals surface area contributed by atoms with Gasteiger partial charge in [0.25, 0.3) is 0 Å². The van der Waals surface area contributed by atoms with Crippen molar-refractivity contribution < 1.29 is 22.4 Å². The first-order valence-electron chi connectivity index (χ1n) is 8.42. The number of ether oxygens (including phenoxy) is 1. The Morgan fingerprint density at radius 3 is 2.44 bits per heavy atom. The minimum Gasteiger partial charge on any atom is -0.457 e. The molecule has 0 fully saturated rings. The largest absolute Gasteiger partial charge is 0.457 e. The molecule has 3 rings (SSSR count). The fourth-order valence-corrected chi connectivity index (χ4v) is 4.17. The summed E-state index contributed by atoms with van der Waals surface area (Å²) in [6, 6.07) is 13.3. The van der Waals surface area contributed by atoms with Gasteiger partial charge in [-0.25, -0.2) is 13.2 Å². The monoisotopic (exact) mass is 384 g/mol. The number of sulfone groups is 1. The van der Waals surface area contributed by atoms with Crippen LogP contribution in [0.3, 0.4) is 0 Å². The molecule has 0 aliphatic heterocycles. The van der Waals surface area contributed by atoms with Crippen molar-refractivity contribution in [1.29, 1.82) is 0 Å². The first-order valence-corrected chi connectivity index (χ1v) is 10.1. The fourth-order valence-electron chi connectivity index (χ4n) is 2.80. The van der Waals surface area contributed by atoms with Crippen molar-refractivity contribution in [3.05, 3.63) is 82.8 Å². The summed E-state index contributed by atoms with van der Waals surface area (Å²) in [5.74, 6) is -0.728. The van der Waals surface area contributed by atoms with Crippen LogP contribution in [0.25, 0.3) is 0 Å². The first kappa shape index (κ1) is 18.9. The molecule has 0 aliphatic carbocycles. The summed E-state index contributed by atoms with van der Waals surface area (Å²) >= 11 is 0. The van der Waals surface area contributed by atoms with Crippen LogP contribution in [0.1, 0.15) is 32.8 Å². The first-order chi connectivity index (χ1) is 12.8. The molecule has 1 aromatic heterocycles. The standard InChI is InChI=1S/C21H20O5S/c1-14-11-15(2)16(3)19(12-14)26-21(22)20-17(9-10-25-20)13-27(23,24)18-7-5-4-6-8-18/h4-12H,13H2,1-3H3. The van der Waals surface area contributed by atoms with Crippen molar-refractivity contribution in [2.75, 3.05) is 0 Å². The third-order valence-electron chi connectivity index (χ3n) is 4.35. The summed E-state index contributed by atoms with van der Waals surface area (Å²) in [6.07, 6.45) is 1.29. The topological polar surface area (TPSA) is 73.6 Å². The molecule has 0 bridgehead atoms. The van der Waals surface area contributed by atoms with Crippen molar-refractivity contribution >= 4 is 15.8 Å². The Morgan fingerprint density at radius 2 is 1.74 bits per heavy atom. The molecule has 0 saturated heterocycles. The number of carbonyl (C=O) groups is 1. The fraction of sp³-hybridized carbons (Fsp3) is 0.190. The Bertz CT molecular complexity index is 1080. The van der Waals surface area contributed by atoms with E-state index in [4.69, 9.17) is 9.15 Å². The van der Waals surface area contributed by atoms with Gasteiger partial charge in [0.15, 0.2) is 9.84 Å². The number of aryl methyl sites for hydroxylation is 2. The maximum atomic E-state index is 12.6. The third-order valence-corrected chi connectivity index (χ3v) is 6.03. The molecule has 0 saturated carbocycles. The molecular weight excluding hydrogens is 364 g/mol. The number of hydrogen-bond donors (Lipinski definition) is 0. The summed E-state index contributed by atoms with van der Waals surface area (Å²) in [6.45, 7) is 5.71. The van der Waals surface area contributed by atoms with Crippen molar-refractivity contribution in [2.24, 2.45) is 0 Å². The van der Waals surface area contributed by atoms with Crippen LogP contribution < -0.4 is 4.74 Å². The van der Waals surface area contributed by atoms with Crippen molar-refractivity contribution in [1.82, 2.24) is 0 Å². The average molecular weight is 384 g/mol. The predicted molar refractivity (Wildman–Crippen MR) is 102 cm³/mol. The molecular formula is C21H20O5S. The van der Waals surface area contributed by atoms with Gasteiger partial charge in [-0.3, -0.25) is 0 Å². The van der Waals surface area contributed by atoms with Crippen LogP contribution in [0.15, 0.2) is 64.1 Å². The summed E-state index contributed by atoms with van der Waals surface area (Å²) < 4.78 is 35.9. The number of furan rings is 1. The van der Waals surface area contributed by atoms with E-state index in [9.17, 15) is 13.2 Å². The smallest absolute Gasteiger partial charge is 0.379 e. The number of esters is 1.